The first-order valence-corrected chi connectivity index (χ1v) is 19.3. The zero-order valence-electron chi connectivity index (χ0n) is 15.8. The monoisotopic (exact) mass is 523 g/mol. The minimum absolute atomic E-state index is 0.00296. The molecule has 0 atom stereocenters. The Morgan fingerprint density at radius 2 is 1.54 bits per heavy atom. The molecular formula is C20H21NO4S2Sn. The molecule has 0 unspecified atom stereocenters. The van der Waals surface area contributed by atoms with E-state index in [1.807, 2.05) is 6.92 Å². The zero-order valence-corrected chi connectivity index (χ0v) is 20.7. The van der Waals surface area contributed by atoms with Crippen LogP contribution >= 0.6 is 11.3 Å². The van der Waals surface area contributed by atoms with Crippen molar-refractivity contribution in [2.45, 2.75) is 21.7 Å². The van der Waals surface area contributed by atoms with E-state index in [-0.39, 0.29) is 9.77 Å². The van der Waals surface area contributed by atoms with Crippen LogP contribution < -0.4 is 8.72 Å². The van der Waals surface area contributed by atoms with Gasteiger partial charge in [-0.15, -0.1) is 0 Å². The topological polar surface area (TPSA) is 97.5 Å². The standard InChI is InChI=1S/C18H14NO4S2.2CH3.Sn.H/c1-11-15(12-7-9-14(10-8-12)25(19,22)23)17(18(20)21)24-16(11)13-5-3-2-4-6-13;;;;/h3-10H,1H3,(H,20,21)(H2,19,22,23);2*1H3;;. The van der Waals surface area contributed by atoms with Gasteiger partial charge in [-0.25, -0.2) is 13.6 Å². The van der Waals surface area contributed by atoms with Gasteiger partial charge >= 0.3 is 163 Å². The van der Waals surface area contributed by atoms with Crippen LogP contribution in [0.2, 0.25) is 9.88 Å². The van der Waals surface area contributed by atoms with Crippen molar-refractivity contribution < 1.29 is 18.3 Å². The third-order valence-corrected chi connectivity index (χ3v) is 11.8. The molecule has 0 bridgehead atoms. The molecule has 5 nitrogen and oxygen atoms in total. The number of aromatic carboxylic acids is 1. The molecule has 0 spiro atoms. The molecule has 0 aliphatic heterocycles. The molecule has 0 amide bonds. The maximum absolute atomic E-state index is 11.9. The third kappa shape index (κ3) is 4.17. The summed E-state index contributed by atoms with van der Waals surface area (Å²) < 4.78 is 24.4. The van der Waals surface area contributed by atoms with Gasteiger partial charge in [-0.2, -0.15) is 0 Å². The summed E-state index contributed by atoms with van der Waals surface area (Å²) in [5.74, 6) is -1.00. The van der Waals surface area contributed by atoms with Gasteiger partial charge in [-0.3, -0.25) is 0 Å². The van der Waals surface area contributed by atoms with E-state index < -0.39 is 35.8 Å². The summed E-state index contributed by atoms with van der Waals surface area (Å²) >= 11 is -0.326. The third-order valence-electron chi connectivity index (χ3n) is 4.65. The van der Waals surface area contributed by atoms with Crippen molar-refractivity contribution in [3.05, 3.63) is 59.0 Å². The maximum atomic E-state index is 11.9. The molecule has 8 heteroatoms. The number of thiophene rings is 1. The van der Waals surface area contributed by atoms with Gasteiger partial charge in [-0.05, 0) is 0 Å². The van der Waals surface area contributed by atoms with Crippen molar-refractivity contribution in [2.24, 2.45) is 5.14 Å². The second-order valence-electron chi connectivity index (χ2n) is 6.91. The molecule has 0 saturated heterocycles. The van der Waals surface area contributed by atoms with Crippen LogP contribution in [0.1, 0.15) is 15.2 Å². The average molecular weight is 522 g/mol. The number of carboxylic acid groups (broad SMARTS) is 1. The van der Waals surface area contributed by atoms with Gasteiger partial charge in [-0.1, -0.05) is 0 Å². The first-order chi connectivity index (χ1) is 13.1. The van der Waals surface area contributed by atoms with E-state index in [1.54, 1.807) is 12.1 Å². The van der Waals surface area contributed by atoms with Gasteiger partial charge in [0.2, 0.25) is 0 Å². The summed E-state index contributed by atoms with van der Waals surface area (Å²) in [6, 6.07) is 14.4. The molecule has 0 aliphatic carbocycles. The number of rotatable bonds is 5. The first kappa shape index (κ1) is 21.0. The predicted octanol–water partition coefficient (Wildman–Crippen LogP) is 3.43. The quantitative estimate of drug-likeness (QED) is 0.502. The van der Waals surface area contributed by atoms with Crippen LogP contribution in [-0.2, 0) is 10.0 Å². The van der Waals surface area contributed by atoms with Gasteiger partial charge in [0.1, 0.15) is 0 Å². The van der Waals surface area contributed by atoms with Crippen molar-refractivity contribution in [1.82, 2.24) is 0 Å². The Hall–Kier alpha value is -1.68. The Balaban J connectivity index is 2.13. The van der Waals surface area contributed by atoms with Gasteiger partial charge in [0, 0.05) is 0 Å². The number of primary sulfonamides is 1. The van der Waals surface area contributed by atoms with Crippen LogP contribution in [0.4, 0.5) is 0 Å². The number of sulfonamides is 1. The Bertz CT molecular complexity index is 1130. The van der Waals surface area contributed by atoms with E-state index in [2.05, 4.69) is 34.1 Å². The van der Waals surface area contributed by atoms with Gasteiger partial charge < -0.3 is 0 Å². The second-order valence-corrected chi connectivity index (χ2v) is 18.0. The van der Waals surface area contributed by atoms with Crippen molar-refractivity contribution in [3.63, 3.8) is 0 Å². The van der Waals surface area contributed by atoms with E-state index >= 15 is 0 Å². The molecular weight excluding hydrogens is 501 g/mol. The Morgan fingerprint density at radius 3 is 2.00 bits per heavy atom. The average Bonchev–Trinajstić information content (AvgIpc) is 2.98. The molecule has 1 heterocycles. The molecule has 0 saturated carbocycles. The number of nitrogens with two attached hydrogens (primary N) is 1. The van der Waals surface area contributed by atoms with Crippen molar-refractivity contribution >= 4 is 50.7 Å². The molecule has 1 aromatic heterocycles. The van der Waals surface area contributed by atoms with Crippen LogP contribution in [0.5, 0.6) is 0 Å². The molecule has 0 aliphatic rings. The zero-order chi connectivity index (χ0) is 20.6. The number of hydrogen-bond donors (Lipinski definition) is 2. The number of carboxylic acids is 1. The number of carbonyl (C=O) groups is 1. The SMILES string of the molecule is Cc1c(-c2cc[c]([SnH]([CH3])[CH3])cc2)sc(C(=O)O)c1-c1ccc(S(N)(=O)=O)cc1. The van der Waals surface area contributed by atoms with Crippen molar-refractivity contribution in [2.75, 3.05) is 0 Å². The van der Waals surface area contributed by atoms with Gasteiger partial charge in [0.05, 0.1) is 0 Å². The fourth-order valence-electron chi connectivity index (χ4n) is 3.12. The molecule has 146 valence electrons. The Labute approximate surface area is 175 Å². The normalized spacial score (nSPS) is 11.8. The fraction of sp³-hybridized carbons (Fsp3) is 0.150. The summed E-state index contributed by atoms with van der Waals surface area (Å²) in [6.45, 7) is 1.90. The van der Waals surface area contributed by atoms with E-state index in [0.717, 1.165) is 16.0 Å². The predicted molar refractivity (Wildman–Crippen MR) is 117 cm³/mol. The summed E-state index contributed by atoms with van der Waals surface area (Å²) in [6.07, 6.45) is 0. The Kier molecular flexibility index (Phi) is 6.00. The van der Waals surface area contributed by atoms with Crippen LogP contribution in [-0.4, -0.2) is 39.3 Å². The minimum atomic E-state index is -3.80. The van der Waals surface area contributed by atoms with E-state index in [9.17, 15) is 18.3 Å². The van der Waals surface area contributed by atoms with E-state index in [1.165, 1.54) is 27.0 Å². The Morgan fingerprint density at radius 1 is 1.00 bits per heavy atom. The molecule has 3 aromatic rings. The van der Waals surface area contributed by atoms with Crippen LogP contribution in [0.15, 0.2) is 53.4 Å². The second kappa shape index (κ2) is 7.98. The molecule has 2 aromatic carbocycles. The molecule has 0 radical (unpaired) electrons. The summed E-state index contributed by atoms with van der Waals surface area (Å²) in [5.41, 5.74) is 3.13. The van der Waals surface area contributed by atoms with Crippen molar-refractivity contribution in [1.29, 1.82) is 0 Å². The molecule has 0 fully saturated rings. The summed E-state index contributed by atoms with van der Waals surface area (Å²) in [5, 5.41) is 14.9. The fourth-order valence-corrected chi connectivity index (χ4v) is 7.55. The number of benzene rings is 2. The molecule has 3 N–H and O–H groups in total. The first-order valence-electron chi connectivity index (χ1n) is 8.70. The molecule has 28 heavy (non-hydrogen) atoms. The van der Waals surface area contributed by atoms with Crippen LogP contribution in [0.3, 0.4) is 0 Å². The summed E-state index contributed by atoms with van der Waals surface area (Å²) in [7, 11) is -3.80. The molecule has 3 rings (SSSR count). The van der Waals surface area contributed by atoms with Crippen molar-refractivity contribution in [3.8, 4) is 21.6 Å². The van der Waals surface area contributed by atoms with Gasteiger partial charge in [0.15, 0.2) is 0 Å². The van der Waals surface area contributed by atoms with E-state index in [4.69, 9.17) is 5.14 Å². The van der Waals surface area contributed by atoms with Gasteiger partial charge in [0.25, 0.3) is 0 Å². The van der Waals surface area contributed by atoms with Crippen LogP contribution in [0, 0.1) is 6.92 Å². The number of hydrogen-bond acceptors (Lipinski definition) is 4. The summed E-state index contributed by atoms with van der Waals surface area (Å²) in [4.78, 5) is 17.7. The van der Waals surface area contributed by atoms with Crippen LogP contribution in [0.25, 0.3) is 21.6 Å². The van der Waals surface area contributed by atoms with E-state index in [0.29, 0.717) is 11.1 Å².